The number of benzene rings is 2. The zero-order valence-corrected chi connectivity index (χ0v) is 10.1. The predicted octanol–water partition coefficient (Wildman–Crippen LogP) is 3.80. The second kappa shape index (κ2) is 5.39. The first-order valence-corrected chi connectivity index (χ1v) is 5.70. The second-order valence-electron chi connectivity index (χ2n) is 3.88. The summed E-state index contributed by atoms with van der Waals surface area (Å²) < 4.78 is 11.4. The molecule has 2 rings (SSSR count). The molecule has 0 radical (unpaired) electrons. The first kappa shape index (κ1) is 11.5. The molecule has 1 atom stereocenters. The zero-order valence-electron chi connectivity index (χ0n) is 10.1. The Kier molecular flexibility index (Phi) is 3.66. The number of rotatable bonds is 4. The van der Waals surface area contributed by atoms with E-state index in [1.807, 2.05) is 68.4 Å². The van der Waals surface area contributed by atoms with Crippen molar-refractivity contribution in [2.45, 2.75) is 20.1 Å². The zero-order chi connectivity index (χ0) is 12.1. The van der Waals surface area contributed by atoms with Crippen LogP contribution in [0.15, 0.2) is 54.6 Å². The Bertz CT molecular complexity index is 465. The Morgan fingerprint density at radius 3 is 2.18 bits per heavy atom. The molecule has 0 bridgehead atoms. The van der Waals surface area contributed by atoms with Gasteiger partial charge in [0.15, 0.2) is 0 Å². The lowest BCUT2D eigenvalue weighted by Gasteiger charge is -2.17. The molecule has 88 valence electrons. The Morgan fingerprint density at radius 1 is 0.824 bits per heavy atom. The summed E-state index contributed by atoms with van der Waals surface area (Å²) in [4.78, 5) is 0. The lowest BCUT2D eigenvalue weighted by Crippen LogP contribution is -2.19. The largest absolute Gasteiger partial charge is 0.455 e. The first-order valence-electron chi connectivity index (χ1n) is 5.70. The van der Waals surface area contributed by atoms with Crippen LogP contribution in [-0.2, 0) is 0 Å². The van der Waals surface area contributed by atoms with Crippen molar-refractivity contribution in [1.82, 2.24) is 0 Å². The molecule has 2 nitrogen and oxygen atoms in total. The molecule has 0 amide bonds. The third-order valence-electron chi connectivity index (χ3n) is 2.43. The van der Waals surface area contributed by atoms with Crippen LogP contribution in [0.4, 0.5) is 0 Å². The highest BCUT2D eigenvalue weighted by Crippen LogP contribution is 2.19. The van der Waals surface area contributed by atoms with Gasteiger partial charge in [-0.2, -0.15) is 0 Å². The van der Waals surface area contributed by atoms with Gasteiger partial charge < -0.3 is 9.47 Å². The maximum atomic E-state index is 5.73. The Labute approximate surface area is 102 Å². The van der Waals surface area contributed by atoms with Crippen LogP contribution < -0.4 is 9.47 Å². The fraction of sp³-hybridized carbons (Fsp3) is 0.200. The summed E-state index contributed by atoms with van der Waals surface area (Å²) in [6.07, 6.45) is -0.307. The average molecular weight is 228 g/mol. The highest BCUT2D eigenvalue weighted by molar-refractivity contribution is 5.31. The summed E-state index contributed by atoms with van der Waals surface area (Å²) in [5.74, 6) is 1.67. The molecule has 0 N–H and O–H groups in total. The van der Waals surface area contributed by atoms with Crippen LogP contribution >= 0.6 is 0 Å². The lowest BCUT2D eigenvalue weighted by atomic mass is 10.2. The van der Waals surface area contributed by atoms with Gasteiger partial charge in [-0.15, -0.1) is 0 Å². The third-order valence-corrected chi connectivity index (χ3v) is 2.43. The number of hydrogen-bond donors (Lipinski definition) is 0. The summed E-state index contributed by atoms with van der Waals surface area (Å²) in [7, 11) is 0. The molecule has 0 spiro atoms. The second-order valence-corrected chi connectivity index (χ2v) is 3.88. The molecule has 0 heterocycles. The van der Waals surface area contributed by atoms with Crippen molar-refractivity contribution in [2.24, 2.45) is 0 Å². The lowest BCUT2D eigenvalue weighted by molar-refractivity contribution is 0.0218. The summed E-state index contributed by atoms with van der Waals surface area (Å²) in [5.41, 5.74) is 1.11. The van der Waals surface area contributed by atoms with Crippen LogP contribution in [0.1, 0.15) is 12.5 Å². The summed E-state index contributed by atoms with van der Waals surface area (Å²) >= 11 is 0. The van der Waals surface area contributed by atoms with Crippen molar-refractivity contribution in [1.29, 1.82) is 0 Å². The van der Waals surface area contributed by atoms with Gasteiger partial charge in [0, 0.05) is 6.92 Å². The van der Waals surface area contributed by atoms with E-state index in [9.17, 15) is 0 Å². The molecule has 0 aliphatic rings. The topological polar surface area (TPSA) is 18.5 Å². The number of hydrogen-bond acceptors (Lipinski definition) is 2. The summed E-state index contributed by atoms with van der Waals surface area (Å²) in [6, 6.07) is 17.6. The quantitative estimate of drug-likeness (QED) is 0.741. The first-order chi connectivity index (χ1) is 8.25. The van der Waals surface area contributed by atoms with Crippen molar-refractivity contribution in [2.75, 3.05) is 0 Å². The molecule has 17 heavy (non-hydrogen) atoms. The van der Waals surface area contributed by atoms with E-state index < -0.39 is 0 Å². The fourth-order valence-electron chi connectivity index (χ4n) is 1.58. The van der Waals surface area contributed by atoms with Gasteiger partial charge in [0.05, 0.1) is 0 Å². The van der Waals surface area contributed by atoms with Crippen molar-refractivity contribution in [3.63, 3.8) is 0 Å². The fourth-order valence-corrected chi connectivity index (χ4v) is 1.58. The van der Waals surface area contributed by atoms with Crippen molar-refractivity contribution < 1.29 is 9.47 Å². The van der Waals surface area contributed by atoms with E-state index in [4.69, 9.17) is 9.47 Å². The standard InChI is InChI=1S/C15H16O2/c1-12-8-6-7-11-15(12)17-13(2)16-14-9-4-3-5-10-14/h3-11,13H,1-2H3. The molecule has 0 fully saturated rings. The van der Waals surface area contributed by atoms with E-state index in [0.29, 0.717) is 0 Å². The molecule has 0 aliphatic carbocycles. The number of ether oxygens (including phenoxy) is 2. The highest BCUT2D eigenvalue weighted by atomic mass is 16.7. The normalized spacial score (nSPS) is 11.9. The van der Waals surface area contributed by atoms with E-state index in [2.05, 4.69) is 0 Å². The Morgan fingerprint density at radius 2 is 1.47 bits per heavy atom. The Hall–Kier alpha value is -1.96. The molecule has 0 aromatic heterocycles. The van der Waals surface area contributed by atoms with Gasteiger partial charge in [-0.05, 0) is 30.7 Å². The van der Waals surface area contributed by atoms with Crippen LogP contribution in [0.3, 0.4) is 0 Å². The van der Waals surface area contributed by atoms with Gasteiger partial charge in [0.25, 0.3) is 0 Å². The van der Waals surface area contributed by atoms with Gasteiger partial charge in [0.1, 0.15) is 11.5 Å². The minimum atomic E-state index is -0.307. The van der Waals surface area contributed by atoms with E-state index in [0.717, 1.165) is 17.1 Å². The van der Waals surface area contributed by atoms with E-state index in [1.165, 1.54) is 0 Å². The smallest absolute Gasteiger partial charge is 0.238 e. The van der Waals surface area contributed by atoms with Crippen LogP contribution in [-0.4, -0.2) is 6.29 Å². The molecule has 2 heteroatoms. The van der Waals surface area contributed by atoms with Gasteiger partial charge in [0.2, 0.25) is 6.29 Å². The molecule has 0 saturated carbocycles. The molecule has 2 aromatic rings. The van der Waals surface area contributed by atoms with E-state index in [1.54, 1.807) is 0 Å². The molecule has 0 saturated heterocycles. The molecular weight excluding hydrogens is 212 g/mol. The molecule has 1 unspecified atom stereocenters. The van der Waals surface area contributed by atoms with E-state index in [-0.39, 0.29) is 6.29 Å². The monoisotopic (exact) mass is 228 g/mol. The number of para-hydroxylation sites is 2. The predicted molar refractivity (Wildman–Crippen MR) is 68.3 cm³/mol. The summed E-state index contributed by atoms with van der Waals surface area (Å²) in [5, 5.41) is 0. The van der Waals surface area contributed by atoms with Crippen molar-refractivity contribution in [3.05, 3.63) is 60.2 Å². The Balaban J connectivity index is 1.98. The van der Waals surface area contributed by atoms with Crippen LogP contribution in [0, 0.1) is 6.92 Å². The number of aryl methyl sites for hydroxylation is 1. The average Bonchev–Trinajstić information content (AvgIpc) is 2.33. The highest BCUT2D eigenvalue weighted by Gasteiger charge is 2.06. The maximum absolute atomic E-state index is 5.73. The molecule has 0 aliphatic heterocycles. The van der Waals surface area contributed by atoms with Crippen molar-refractivity contribution >= 4 is 0 Å². The minimum absolute atomic E-state index is 0.307. The minimum Gasteiger partial charge on any atom is -0.455 e. The van der Waals surface area contributed by atoms with Crippen LogP contribution in [0.2, 0.25) is 0 Å². The van der Waals surface area contributed by atoms with Crippen molar-refractivity contribution in [3.8, 4) is 11.5 Å². The molecular formula is C15H16O2. The molecule has 2 aromatic carbocycles. The van der Waals surface area contributed by atoms with Gasteiger partial charge >= 0.3 is 0 Å². The van der Waals surface area contributed by atoms with Crippen LogP contribution in [0.5, 0.6) is 11.5 Å². The van der Waals surface area contributed by atoms with Gasteiger partial charge in [-0.1, -0.05) is 36.4 Å². The van der Waals surface area contributed by atoms with Gasteiger partial charge in [-0.3, -0.25) is 0 Å². The third kappa shape index (κ3) is 3.25. The van der Waals surface area contributed by atoms with Gasteiger partial charge in [-0.25, -0.2) is 0 Å². The summed E-state index contributed by atoms with van der Waals surface area (Å²) in [6.45, 7) is 3.91. The van der Waals surface area contributed by atoms with E-state index >= 15 is 0 Å². The SMILES string of the molecule is Cc1ccccc1OC(C)Oc1ccccc1. The van der Waals surface area contributed by atoms with Crippen LogP contribution in [0.25, 0.3) is 0 Å². The maximum Gasteiger partial charge on any atom is 0.238 e.